The number of methoxy groups -OCH3 is 1. The van der Waals surface area contributed by atoms with Crippen molar-refractivity contribution in [3.05, 3.63) is 23.7 Å². The van der Waals surface area contributed by atoms with E-state index in [0.29, 0.717) is 5.56 Å². The molecule has 0 aliphatic heterocycles. The van der Waals surface area contributed by atoms with Gasteiger partial charge in [0.25, 0.3) is 0 Å². The Balaban J connectivity index is 2.92. The molecule has 1 rings (SSSR count). The van der Waals surface area contributed by atoms with Crippen molar-refractivity contribution in [2.45, 2.75) is 6.54 Å². The topological polar surface area (TPSA) is 65.5 Å². The van der Waals surface area contributed by atoms with Crippen molar-refractivity contribution in [1.82, 2.24) is 0 Å². The van der Waals surface area contributed by atoms with Gasteiger partial charge in [-0.25, -0.2) is 4.79 Å². The van der Waals surface area contributed by atoms with E-state index in [0.717, 1.165) is 0 Å². The van der Waals surface area contributed by atoms with E-state index < -0.39 is 5.97 Å². The van der Waals surface area contributed by atoms with Crippen LogP contribution in [0.5, 0.6) is 0 Å². The van der Waals surface area contributed by atoms with Gasteiger partial charge in [0, 0.05) is 12.1 Å². The third-order valence-corrected chi connectivity index (χ3v) is 1.34. The number of ether oxygens (including phenoxy) is 1. The molecule has 1 aromatic rings. The van der Waals surface area contributed by atoms with Crippen LogP contribution in [0.1, 0.15) is 16.1 Å². The summed E-state index contributed by atoms with van der Waals surface area (Å²) in [5.41, 5.74) is 5.98. The molecule has 60 valence electrons. The Labute approximate surface area is 63.9 Å². The monoisotopic (exact) mass is 155 g/mol. The summed E-state index contributed by atoms with van der Waals surface area (Å²) < 4.78 is 9.30. The van der Waals surface area contributed by atoms with Gasteiger partial charge in [0.15, 0.2) is 0 Å². The van der Waals surface area contributed by atoms with Gasteiger partial charge in [-0.15, -0.1) is 0 Å². The molecule has 0 saturated heterocycles. The van der Waals surface area contributed by atoms with Gasteiger partial charge < -0.3 is 14.9 Å². The smallest absolute Gasteiger partial charge is 0.374 e. The second-order valence-corrected chi connectivity index (χ2v) is 1.97. The first-order valence-corrected chi connectivity index (χ1v) is 3.14. The van der Waals surface area contributed by atoms with Gasteiger partial charge in [-0.1, -0.05) is 0 Å². The first kappa shape index (κ1) is 7.81. The summed E-state index contributed by atoms with van der Waals surface area (Å²) in [6.45, 7) is 0.279. The van der Waals surface area contributed by atoms with Gasteiger partial charge in [0.05, 0.1) is 13.4 Å². The third kappa shape index (κ3) is 1.40. The van der Waals surface area contributed by atoms with Crippen molar-refractivity contribution in [2.75, 3.05) is 7.11 Å². The van der Waals surface area contributed by atoms with E-state index in [1.54, 1.807) is 6.07 Å². The summed E-state index contributed by atoms with van der Waals surface area (Å²) >= 11 is 0. The van der Waals surface area contributed by atoms with Gasteiger partial charge >= 0.3 is 5.97 Å². The summed E-state index contributed by atoms with van der Waals surface area (Å²) in [6.07, 6.45) is 1.41. The average molecular weight is 155 g/mol. The maximum atomic E-state index is 10.9. The lowest BCUT2D eigenvalue weighted by Crippen LogP contribution is -2.05. The molecule has 4 heteroatoms. The minimum absolute atomic E-state index is 0.190. The van der Waals surface area contributed by atoms with Gasteiger partial charge in [-0.2, -0.15) is 0 Å². The Morgan fingerprint density at radius 1 is 1.82 bits per heavy atom. The minimum Gasteiger partial charge on any atom is -0.463 e. The van der Waals surface area contributed by atoms with E-state index in [4.69, 9.17) is 10.2 Å². The van der Waals surface area contributed by atoms with E-state index in [9.17, 15) is 4.79 Å². The van der Waals surface area contributed by atoms with Crippen LogP contribution in [-0.4, -0.2) is 13.1 Å². The Kier molecular flexibility index (Phi) is 2.28. The van der Waals surface area contributed by atoms with Gasteiger partial charge in [0.1, 0.15) is 0 Å². The Morgan fingerprint density at radius 2 is 2.55 bits per heavy atom. The predicted molar refractivity (Wildman–Crippen MR) is 37.9 cm³/mol. The number of carbonyl (C=O) groups excluding carboxylic acids is 1. The van der Waals surface area contributed by atoms with Crippen LogP contribution in [0.25, 0.3) is 0 Å². The second kappa shape index (κ2) is 3.21. The molecule has 0 unspecified atom stereocenters. The molecule has 0 radical (unpaired) electrons. The summed E-state index contributed by atoms with van der Waals surface area (Å²) in [5.74, 6) is -0.301. The number of hydrogen-bond acceptors (Lipinski definition) is 4. The molecule has 0 amide bonds. The van der Waals surface area contributed by atoms with Crippen LogP contribution in [0.3, 0.4) is 0 Å². The van der Waals surface area contributed by atoms with Crippen molar-refractivity contribution in [1.29, 1.82) is 0 Å². The first-order chi connectivity index (χ1) is 5.29. The largest absolute Gasteiger partial charge is 0.463 e. The maximum absolute atomic E-state index is 10.9. The summed E-state index contributed by atoms with van der Waals surface area (Å²) in [4.78, 5) is 10.9. The molecular weight excluding hydrogens is 146 g/mol. The molecule has 1 heterocycles. The molecule has 0 aromatic carbocycles. The predicted octanol–water partition coefficient (Wildman–Crippen LogP) is 0.525. The van der Waals surface area contributed by atoms with Gasteiger partial charge in [-0.05, 0) is 6.07 Å². The third-order valence-electron chi connectivity index (χ3n) is 1.34. The van der Waals surface area contributed by atoms with Crippen LogP contribution in [-0.2, 0) is 11.3 Å². The standard InChI is InChI=1S/C7H9NO3/c1-10-7(9)6-5(4-8)2-3-11-6/h2-3H,4,8H2,1H3. The Hall–Kier alpha value is -1.29. The summed E-state index contributed by atoms with van der Waals surface area (Å²) in [5, 5.41) is 0. The highest BCUT2D eigenvalue weighted by atomic mass is 16.5. The van der Waals surface area contributed by atoms with Crippen LogP contribution in [0.4, 0.5) is 0 Å². The number of hydrogen-bond donors (Lipinski definition) is 1. The van der Waals surface area contributed by atoms with E-state index >= 15 is 0 Å². The van der Waals surface area contributed by atoms with E-state index in [2.05, 4.69) is 4.74 Å². The number of nitrogens with two attached hydrogens (primary N) is 1. The van der Waals surface area contributed by atoms with Crippen LogP contribution >= 0.6 is 0 Å². The number of esters is 1. The van der Waals surface area contributed by atoms with E-state index in [1.165, 1.54) is 13.4 Å². The zero-order chi connectivity index (χ0) is 8.27. The lowest BCUT2D eigenvalue weighted by Gasteiger charge is -1.95. The fourth-order valence-corrected chi connectivity index (χ4v) is 0.768. The zero-order valence-electron chi connectivity index (χ0n) is 6.16. The second-order valence-electron chi connectivity index (χ2n) is 1.97. The number of carbonyl (C=O) groups is 1. The van der Waals surface area contributed by atoms with Crippen molar-refractivity contribution in [3.8, 4) is 0 Å². The maximum Gasteiger partial charge on any atom is 0.374 e. The van der Waals surface area contributed by atoms with Gasteiger partial charge in [0.2, 0.25) is 5.76 Å². The minimum atomic E-state index is -0.490. The highest BCUT2D eigenvalue weighted by molar-refractivity contribution is 5.87. The van der Waals surface area contributed by atoms with Crippen LogP contribution in [0.2, 0.25) is 0 Å². The molecule has 11 heavy (non-hydrogen) atoms. The van der Waals surface area contributed by atoms with Crippen molar-refractivity contribution in [3.63, 3.8) is 0 Å². The highest BCUT2D eigenvalue weighted by Gasteiger charge is 2.13. The van der Waals surface area contributed by atoms with Crippen LogP contribution in [0, 0.1) is 0 Å². The lowest BCUT2D eigenvalue weighted by molar-refractivity contribution is 0.0563. The van der Waals surface area contributed by atoms with Crippen LogP contribution in [0.15, 0.2) is 16.7 Å². The molecule has 1 aromatic heterocycles. The highest BCUT2D eigenvalue weighted by Crippen LogP contribution is 2.10. The quantitative estimate of drug-likeness (QED) is 0.632. The molecule has 0 atom stereocenters. The Bertz CT molecular complexity index is 254. The van der Waals surface area contributed by atoms with Crippen molar-refractivity contribution < 1.29 is 13.9 Å². The first-order valence-electron chi connectivity index (χ1n) is 3.14. The molecule has 0 aliphatic rings. The molecular formula is C7H9NO3. The molecule has 0 spiro atoms. The Morgan fingerprint density at radius 3 is 3.09 bits per heavy atom. The molecule has 0 fully saturated rings. The molecule has 0 bridgehead atoms. The summed E-state index contributed by atoms with van der Waals surface area (Å²) in [7, 11) is 1.30. The summed E-state index contributed by atoms with van der Waals surface area (Å²) in [6, 6.07) is 1.65. The molecule has 0 saturated carbocycles. The lowest BCUT2D eigenvalue weighted by atomic mass is 10.2. The van der Waals surface area contributed by atoms with Crippen LogP contribution < -0.4 is 5.73 Å². The molecule has 2 N–H and O–H groups in total. The van der Waals surface area contributed by atoms with Crippen molar-refractivity contribution >= 4 is 5.97 Å². The fraction of sp³-hybridized carbons (Fsp3) is 0.286. The normalized spacial score (nSPS) is 9.64. The SMILES string of the molecule is COC(=O)c1occc1CN. The van der Waals surface area contributed by atoms with Crippen molar-refractivity contribution in [2.24, 2.45) is 5.73 Å². The van der Waals surface area contributed by atoms with E-state index in [-0.39, 0.29) is 12.3 Å². The number of furan rings is 1. The van der Waals surface area contributed by atoms with E-state index in [1.807, 2.05) is 0 Å². The number of rotatable bonds is 2. The molecule has 4 nitrogen and oxygen atoms in total. The average Bonchev–Trinajstić information content (AvgIpc) is 2.50. The fourth-order valence-electron chi connectivity index (χ4n) is 0.768. The van der Waals surface area contributed by atoms with Gasteiger partial charge in [-0.3, -0.25) is 0 Å². The molecule has 0 aliphatic carbocycles. The zero-order valence-corrected chi connectivity index (χ0v) is 6.16.